The van der Waals surface area contributed by atoms with E-state index in [1.54, 1.807) is 6.92 Å². The Balaban J connectivity index is 2.14. The minimum Gasteiger partial charge on any atom is -0.411 e. The average molecular weight is 224 g/mol. The lowest BCUT2D eigenvalue weighted by Crippen LogP contribution is -2.40. The summed E-state index contributed by atoms with van der Waals surface area (Å²) >= 11 is 4.25. The third kappa shape index (κ3) is 2.02. The molecule has 2 rings (SSSR count). The van der Waals surface area contributed by atoms with Gasteiger partial charge in [-0.2, -0.15) is 0 Å². The molecular formula is C10H12N2O2S. The summed E-state index contributed by atoms with van der Waals surface area (Å²) in [4.78, 5) is 11.2. The summed E-state index contributed by atoms with van der Waals surface area (Å²) in [7, 11) is 0. The van der Waals surface area contributed by atoms with Crippen LogP contribution in [0.5, 0.6) is 0 Å². The molecule has 1 aliphatic rings. The maximum atomic E-state index is 11.2. The molecule has 0 unspecified atom stereocenters. The molecule has 4 nitrogen and oxygen atoms in total. The Bertz CT molecular complexity index is 370. The molecule has 0 radical (unpaired) electrons. The minimum absolute atomic E-state index is 0.308. The summed E-state index contributed by atoms with van der Waals surface area (Å²) in [5, 5.41) is 4.84. The van der Waals surface area contributed by atoms with Crippen LogP contribution >= 0.6 is 12.6 Å². The van der Waals surface area contributed by atoms with Gasteiger partial charge in [-0.05, 0) is 12.1 Å². The molecule has 1 aromatic rings. The van der Waals surface area contributed by atoms with Gasteiger partial charge in [0.1, 0.15) is 0 Å². The zero-order valence-corrected chi connectivity index (χ0v) is 9.17. The van der Waals surface area contributed by atoms with Crippen molar-refractivity contribution < 1.29 is 9.53 Å². The molecule has 0 bridgehead atoms. The summed E-state index contributed by atoms with van der Waals surface area (Å²) in [5.74, 6) is -0.308. The number of thiol groups is 1. The Labute approximate surface area is 93.4 Å². The van der Waals surface area contributed by atoms with E-state index in [0.29, 0.717) is 6.42 Å². The van der Waals surface area contributed by atoms with Crippen LogP contribution in [0.25, 0.3) is 0 Å². The highest BCUT2D eigenvalue weighted by molar-refractivity contribution is 7.81. The second kappa shape index (κ2) is 3.66. The number of rotatable bonds is 2. The molecule has 1 heterocycles. The van der Waals surface area contributed by atoms with E-state index in [1.165, 1.54) is 0 Å². The lowest BCUT2D eigenvalue weighted by atomic mass is 10.3. The normalized spacial score (nSPS) is 16.1. The fourth-order valence-corrected chi connectivity index (χ4v) is 1.73. The van der Waals surface area contributed by atoms with Crippen molar-refractivity contribution in [2.45, 2.75) is 18.5 Å². The SMILES string of the molecule is CCC(=O)OC1(S)Nc2ccccc2N1. The molecule has 0 fully saturated rings. The highest BCUT2D eigenvalue weighted by Gasteiger charge is 2.35. The molecule has 0 atom stereocenters. The van der Waals surface area contributed by atoms with Crippen LogP contribution in [0.3, 0.4) is 0 Å². The van der Waals surface area contributed by atoms with E-state index < -0.39 is 5.18 Å². The molecular weight excluding hydrogens is 212 g/mol. The smallest absolute Gasteiger partial charge is 0.311 e. The number of anilines is 2. The van der Waals surface area contributed by atoms with Crippen LogP contribution < -0.4 is 10.6 Å². The molecule has 0 amide bonds. The summed E-state index contributed by atoms with van der Waals surface area (Å²) in [6.45, 7) is 1.74. The number of benzene rings is 1. The topological polar surface area (TPSA) is 50.4 Å². The van der Waals surface area contributed by atoms with Gasteiger partial charge in [-0.3, -0.25) is 4.79 Å². The van der Waals surface area contributed by atoms with Crippen molar-refractivity contribution in [3.8, 4) is 0 Å². The van der Waals surface area contributed by atoms with E-state index >= 15 is 0 Å². The predicted octanol–water partition coefficient (Wildman–Crippen LogP) is 2.02. The zero-order valence-electron chi connectivity index (χ0n) is 8.28. The molecule has 1 aliphatic heterocycles. The fraction of sp³-hybridized carbons (Fsp3) is 0.300. The van der Waals surface area contributed by atoms with E-state index in [4.69, 9.17) is 4.74 Å². The molecule has 0 aromatic heterocycles. The Morgan fingerprint density at radius 2 is 1.93 bits per heavy atom. The van der Waals surface area contributed by atoms with Crippen molar-refractivity contribution in [1.82, 2.24) is 0 Å². The van der Waals surface area contributed by atoms with Gasteiger partial charge in [0, 0.05) is 6.42 Å². The second-order valence-electron chi connectivity index (χ2n) is 3.27. The first kappa shape index (κ1) is 10.2. The first-order valence-corrected chi connectivity index (χ1v) is 5.17. The minimum atomic E-state index is -1.13. The second-order valence-corrected chi connectivity index (χ2v) is 3.90. The molecule has 2 N–H and O–H groups in total. The number of hydrogen-bond donors (Lipinski definition) is 3. The van der Waals surface area contributed by atoms with Crippen molar-refractivity contribution >= 4 is 30.0 Å². The van der Waals surface area contributed by atoms with Gasteiger partial charge >= 0.3 is 11.2 Å². The number of nitrogens with one attached hydrogen (secondary N) is 2. The molecule has 1 aromatic carbocycles. The van der Waals surface area contributed by atoms with Crippen molar-refractivity contribution in [1.29, 1.82) is 0 Å². The molecule has 0 spiro atoms. The predicted molar refractivity (Wildman–Crippen MR) is 61.8 cm³/mol. The molecule has 15 heavy (non-hydrogen) atoms. The fourth-order valence-electron chi connectivity index (χ4n) is 1.39. The first-order chi connectivity index (χ1) is 7.13. The largest absolute Gasteiger partial charge is 0.411 e. The van der Waals surface area contributed by atoms with Crippen molar-refractivity contribution in [3.05, 3.63) is 24.3 Å². The number of ether oxygens (including phenoxy) is 1. The highest BCUT2D eigenvalue weighted by atomic mass is 32.1. The standard InChI is InChI=1S/C10H12N2O2S/c1-2-9(13)14-10(15)11-7-5-3-4-6-8(7)12-10/h3-6,11-12,15H,2H2,1H3. The van der Waals surface area contributed by atoms with Gasteiger partial charge in [0.25, 0.3) is 0 Å². The van der Waals surface area contributed by atoms with E-state index in [0.717, 1.165) is 11.4 Å². The Morgan fingerprint density at radius 3 is 2.40 bits per heavy atom. The lowest BCUT2D eigenvalue weighted by Gasteiger charge is -2.23. The Morgan fingerprint density at radius 1 is 1.40 bits per heavy atom. The number of hydrogen-bond acceptors (Lipinski definition) is 5. The van der Waals surface area contributed by atoms with Crippen LogP contribution in [0.15, 0.2) is 24.3 Å². The first-order valence-electron chi connectivity index (χ1n) is 4.72. The van der Waals surface area contributed by atoms with Crippen LogP contribution in [0.2, 0.25) is 0 Å². The van der Waals surface area contributed by atoms with Gasteiger partial charge in [0.2, 0.25) is 0 Å². The van der Waals surface area contributed by atoms with Crippen LogP contribution in [-0.4, -0.2) is 11.2 Å². The quantitative estimate of drug-likeness (QED) is 0.408. The number of carbonyl (C=O) groups excluding carboxylic acids is 1. The van der Waals surface area contributed by atoms with Gasteiger partial charge in [-0.25, -0.2) is 0 Å². The van der Waals surface area contributed by atoms with E-state index in [1.807, 2.05) is 24.3 Å². The summed E-state index contributed by atoms with van der Waals surface area (Å²) in [6, 6.07) is 7.57. The molecule has 80 valence electrons. The summed E-state index contributed by atoms with van der Waals surface area (Å²) in [5.41, 5.74) is 1.74. The maximum absolute atomic E-state index is 11.2. The van der Waals surface area contributed by atoms with Crippen molar-refractivity contribution in [2.75, 3.05) is 10.6 Å². The van der Waals surface area contributed by atoms with Crippen LogP contribution in [0, 0.1) is 0 Å². The van der Waals surface area contributed by atoms with E-state index in [-0.39, 0.29) is 5.97 Å². The maximum Gasteiger partial charge on any atom is 0.311 e. The lowest BCUT2D eigenvalue weighted by molar-refractivity contribution is -0.147. The number of fused-ring (bicyclic) bond motifs is 1. The number of esters is 1. The van der Waals surface area contributed by atoms with Crippen LogP contribution in [0.1, 0.15) is 13.3 Å². The summed E-state index contributed by atoms with van der Waals surface area (Å²) < 4.78 is 5.13. The Hall–Kier alpha value is -1.36. The van der Waals surface area contributed by atoms with Crippen molar-refractivity contribution in [3.63, 3.8) is 0 Å². The van der Waals surface area contributed by atoms with Crippen LogP contribution in [0.4, 0.5) is 11.4 Å². The van der Waals surface area contributed by atoms with Gasteiger partial charge in [-0.15, -0.1) is 0 Å². The van der Waals surface area contributed by atoms with Gasteiger partial charge < -0.3 is 15.4 Å². The number of para-hydroxylation sites is 2. The van der Waals surface area contributed by atoms with E-state index in [9.17, 15) is 4.79 Å². The Kier molecular flexibility index (Phi) is 2.48. The highest BCUT2D eigenvalue weighted by Crippen LogP contribution is 2.36. The molecule has 5 heteroatoms. The zero-order chi connectivity index (χ0) is 10.9. The van der Waals surface area contributed by atoms with Gasteiger partial charge in [0.15, 0.2) is 0 Å². The van der Waals surface area contributed by atoms with Gasteiger partial charge in [0.05, 0.1) is 11.4 Å². The third-order valence-corrected chi connectivity index (χ3v) is 2.40. The van der Waals surface area contributed by atoms with Gasteiger partial charge in [-0.1, -0.05) is 31.7 Å². The average Bonchev–Trinajstić information content (AvgIpc) is 2.53. The third-order valence-electron chi connectivity index (χ3n) is 2.09. The van der Waals surface area contributed by atoms with Crippen LogP contribution in [-0.2, 0) is 9.53 Å². The summed E-state index contributed by atoms with van der Waals surface area (Å²) in [6.07, 6.45) is 0.321. The molecule has 0 saturated heterocycles. The monoisotopic (exact) mass is 224 g/mol. The van der Waals surface area contributed by atoms with Crippen molar-refractivity contribution in [2.24, 2.45) is 0 Å². The molecule has 0 saturated carbocycles. The molecule has 0 aliphatic carbocycles. The number of carbonyl (C=O) groups is 1. The van der Waals surface area contributed by atoms with E-state index in [2.05, 4.69) is 23.3 Å².